The third kappa shape index (κ3) is 3.33. The summed E-state index contributed by atoms with van der Waals surface area (Å²) >= 11 is 0. The number of amides is 1. The van der Waals surface area contributed by atoms with Gasteiger partial charge in [0.15, 0.2) is 0 Å². The molecule has 2 N–H and O–H groups in total. The van der Waals surface area contributed by atoms with Gasteiger partial charge in [-0.25, -0.2) is 0 Å². The zero-order valence-electron chi connectivity index (χ0n) is 12.6. The maximum atomic E-state index is 11.9. The van der Waals surface area contributed by atoms with Gasteiger partial charge in [-0.05, 0) is 31.4 Å². The second-order valence-corrected chi connectivity index (χ2v) is 5.43. The Balaban J connectivity index is 1.59. The summed E-state index contributed by atoms with van der Waals surface area (Å²) in [4.78, 5) is 16.2. The van der Waals surface area contributed by atoms with Crippen molar-refractivity contribution in [3.63, 3.8) is 0 Å². The van der Waals surface area contributed by atoms with Crippen LogP contribution in [0.5, 0.6) is 0 Å². The molecule has 2 aromatic rings. The van der Waals surface area contributed by atoms with Crippen molar-refractivity contribution in [3.05, 3.63) is 35.7 Å². The van der Waals surface area contributed by atoms with Crippen molar-refractivity contribution in [2.24, 2.45) is 0 Å². The van der Waals surface area contributed by atoms with Crippen LogP contribution in [0.25, 0.3) is 11.4 Å². The van der Waals surface area contributed by atoms with E-state index in [1.54, 1.807) is 0 Å². The topological polar surface area (TPSA) is 80.0 Å². The monoisotopic (exact) mass is 300 g/mol. The fraction of sp³-hybridized carbons (Fsp3) is 0.438. The molecule has 1 aromatic heterocycles. The second kappa shape index (κ2) is 6.70. The lowest BCUT2D eigenvalue weighted by Gasteiger charge is -2.08. The molecule has 3 rings (SSSR count). The zero-order chi connectivity index (χ0) is 15.4. The molecule has 1 atom stereocenters. The average Bonchev–Trinajstić information content (AvgIpc) is 3.24. The van der Waals surface area contributed by atoms with Crippen molar-refractivity contribution in [2.45, 2.75) is 38.8 Å². The Bertz CT molecular complexity index is 630. The van der Waals surface area contributed by atoms with Crippen LogP contribution in [0.2, 0.25) is 0 Å². The summed E-state index contributed by atoms with van der Waals surface area (Å²) in [5, 5.41) is 9.95. The van der Waals surface area contributed by atoms with Crippen LogP contribution in [-0.2, 0) is 17.8 Å². The Morgan fingerprint density at radius 2 is 2.23 bits per heavy atom. The zero-order valence-corrected chi connectivity index (χ0v) is 12.6. The maximum absolute atomic E-state index is 11.9. The summed E-state index contributed by atoms with van der Waals surface area (Å²) in [6.07, 6.45) is 2.92. The van der Waals surface area contributed by atoms with Gasteiger partial charge in [-0.15, -0.1) is 0 Å². The van der Waals surface area contributed by atoms with Crippen LogP contribution in [0.15, 0.2) is 28.8 Å². The van der Waals surface area contributed by atoms with Gasteiger partial charge < -0.3 is 15.2 Å². The van der Waals surface area contributed by atoms with E-state index in [0.29, 0.717) is 11.7 Å². The fourth-order valence-electron chi connectivity index (χ4n) is 2.53. The quantitative estimate of drug-likeness (QED) is 0.878. The summed E-state index contributed by atoms with van der Waals surface area (Å²) in [7, 11) is 0. The van der Waals surface area contributed by atoms with E-state index in [-0.39, 0.29) is 18.5 Å². The lowest BCUT2D eigenvalue weighted by molar-refractivity contribution is -0.123. The number of aromatic nitrogens is 2. The van der Waals surface area contributed by atoms with Crippen molar-refractivity contribution < 1.29 is 9.32 Å². The molecule has 1 aliphatic rings. The molecule has 1 aromatic carbocycles. The minimum absolute atomic E-state index is 0.00968. The molecule has 1 saturated heterocycles. The Labute approximate surface area is 129 Å². The van der Waals surface area contributed by atoms with Gasteiger partial charge in [0, 0.05) is 5.56 Å². The van der Waals surface area contributed by atoms with E-state index < -0.39 is 0 Å². The third-order valence-corrected chi connectivity index (χ3v) is 3.88. The van der Waals surface area contributed by atoms with Crippen molar-refractivity contribution >= 4 is 5.91 Å². The first-order valence-electron chi connectivity index (χ1n) is 7.69. The van der Waals surface area contributed by atoms with E-state index in [4.69, 9.17) is 4.52 Å². The van der Waals surface area contributed by atoms with Crippen molar-refractivity contribution in [2.75, 3.05) is 6.54 Å². The molecular weight excluding hydrogens is 280 g/mol. The van der Waals surface area contributed by atoms with Crippen LogP contribution in [0.4, 0.5) is 0 Å². The van der Waals surface area contributed by atoms with E-state index in [1.807, 2.05) is 12.1 Å². The number of rotatable bonds is 5. The fourth-order valence-corrected chi connectivity index (χ4v) is 2.53. The minimum atomic E-state index is -0.0935. The Hall–Kier alpha value is -2.21. The summed E-state index contributed by atoms with van der Waals surface area (Å²) in [6.45, 7) is 3.27. The van der Waals surface area contributed by atoms with Gasteiger partial charge >= 0.3 is 0 Å². The number of carbonyl (C=O) groups is 1. The first kappa shape index (κ1) is 14.7. The minimum Gasteiger partial charge on any atom is -0.346 e. The van der Waals surface area contributed by atoms with Crippen LogP contribution in [-0.4, -0.2) is 28.6 Å². The summed E-state index contributed by atoms with van der Waals surface area (Å²) < 4.78 is 5.19. The van der Waals surface area contributed by atoms with E-state index in [9.17, 15) is 4.79 Å². The summed E-state index contributed by atoms with van der Waals surface area (Å²) in [5.74, 6) is 0.955. The van der Waals surface area contributed by atoms with Gasteiger partial charge in [0.2, 0.25) is 17.6 Å². The second-order valence-electron chi connectivity index (χ2n) is 5.43. The number of hydrogen-bond acceptors (Lipinski definition) is 5. The van der Waals surface area contributed by atoms with Crippen LogP contribution < -0.4 is 10.6 Å². The van der Waals surface area contributed by atoms with Gasteiger partial charge in [-0.2, -0.15) is 4.98 Å². The predicted molar refractivity (Wildman–Crippen MR) is 82.0 cm³/mol. The van der Waals surface area contributed by atoms with E-state index in [2.05, 4.69) is 39.8 Å². The van der Waals surface area contributed by atoms with E-state index >= 15 is 0 Å². The smallest absolute Gasteiger partial charge is 0.246 e. The number of carbonyl (C=O) groups excluding carboxylic acids is 1. The molecule has 0 saturated carbocycles. The lowest BCUT2D eigenvalue weighted by Crippen LogP contribution is -2.40. The van der Waals surface area contributed by atoms with Crippen LogP contribution in [0.1, 0.15) is 31.2 Å². The molecule has 0 spiro atoms. The first-order valence-corrected chi connectivity index (χ1v) is 7.69. The Morgan fingerprint density at radius 1 is 1.41 bits per heavy atom. The Morgan fingerprint density at radius 3 is 2.91 bits per heavy atom. The molecular formula is C16H20N4O2. The molecule has 2 heterocycles. The predicted octanol–water partition coefficient (Wildman–Crippen LogP) is 1.67. The number of benzene rings is 1. The molecule has 1 amide bonds. The van der Waals surface area contributed by atoms with Crippen molar-refractivity contribution in [3.8, 4) is 11.4 Å². The highest BCUT2D eigenvalue weighted by Crippen LogP contribution is 2.16. The molecule has 1 fully saturated rings. The number of nitrogens with one attached hydrogen (secondary N) is 2. The van der Waals surface area contributed by atoms with Crippen molar-refractivity contribution in [1.29, 1.82) is 0 Å². The number of nitrogens with zero attached hydrogens (tertiary/aromatic N) is 2. The lowest BCUT2D eigenvalue weighted by atomic mass is 10.1. The first-order chi connectivity index (χ1) is 10.8. The number of hydrogen-bond donors (Lipinski definition) is 2. The normalized spacial score (nSPS) is 17.6. The average molecular weight is 300 g/mol. The Kier molecular flexibility index (Phi) is 4.48. The van der Waals surface area contributed by atoms with Gasteiger partial charge in [-0.3, -0.25) is 4.79 Å². The molecule has 116 valence electrons. The molecule has 1 aliphatic heterocycles. The SMILES string of the molecule is CCc1ccc(-c2noc(CNC(=O)C3CCCN3)n2)cc1. The molecule has 1 unspecified atom stereocenters. The maximum Gasteiger partial charge on any atom is 0.246 e. The summed E-state index contributed by atoms with van der Waals surface area (Å²) in [6, 6.07) is 7.98. The highest BCUT2D eigenvalue weighted by Gasteiger charge is 2.22. The molecule has 6 heteroatoms. The molecule has 0 radical (unpaired) electrons. The van der Waals surface area contributed by atoms with Gasteiger partial charge in [0.25, 0.3) is 0 Å². The highest BCUT2D eigenvalue weighted by atomic mass is 16.5. The van der Waals surface area contributed by atoms with Gasteiger partial charge in [-0.1, -0.05) is 36.3 Å². The van der Waals surface area contributed by atoms with Crippen molar-refractivity contribution in [1.82, 2.24) is 20.8 Å². The molecule has 0 aliphatic carbocycles. The highest BCUT2D eigenvalue weighted by molar-refractivity contribution is 5.81. The van der Waals surface area contributed by atoms with E-state index in [1.165, 1.54) is 5.56 Å². The number of aryl methyl sites for hydroxylation is 1. The molecule has 6 nitrogen and oxygen atoms in total. The largest absolute Gasteiger partial charge is 0.346 e. The third-order valence-electron chi connectivity index (χ3n) is 3.88. The van der Waals surface area contributed by atoms with Gasteiger partial charge in [0.1, 0.15) is 0 Å². The van der Waals surface area contributed by atoms with Crippen LogP contribution >= 0.6 is 0 Å². The van der Waals surface area contributed by atoms with Crippen LogP contribution in [0.3, 0.4) is 0 Å². The standard InChI is InChI=1S/C16H20N4O2/c1-2-11-5-7-12(8-6-11)15-19-14(22-20-15)10-18-16(21)13-4-3-9-17-13/h5-8,13,17H,2-4,9-10H2,1H3,(H,18,21). The molecule has 22 heavy (non-hydrogen) atoms. The van der Waals surface area contributed by atoms with Gasteiger partial charge in [0.05, 0.1) is 12.6 Å². The van der Waals surface area contributed by atoms with E-state index in [0.717, 1.165) is 31.4 Å². The summed E-state index contributed by atoms with van der Waals surface area (Å²) in [5.41, 5.74) is 2.18. The molecule has 0 bridgehead atoms. The van der Waals surface area contributed by atoms with Crippen LogP contribution in [0, 0.1) is 0 Å².